The van der Waals surface area contributed by atoms with Crippen LogP contribution in [0, 0.1) is 0 Å². The van der Waals surface area contributed by atoms with Crippen molar-refractivity contribution in [2.75, 3.05) is 13.1 Å². The molecule has 1 aliphatic carbocycles. The maximum Gasteiger partial charge on any atom is 0.0223 e. The van der Waals surface area contributed by atoms with E-state index in [-0.39, 0.29) is 0 Å². The van der Waals surface area contributed by atoms with E-state index < -0.39 is 0 Å². The fourth-order valence-electron chi connectivity index (χ4n) is 2.35. The second-order valence-corrected chi connectivity index (χ2v) is 5.05. The minimum absolute atomic E-state index is 0.674. The summed E-state index contributed by atoms with van der Waals surface area (Å²) in [6.07, 6.45) is 5.41. The molecule has 0 heterocycles. The molecule has 1 rings (SSSR count). The van der Waals surface area contributed by atoms with Crippen LogP contribution in [-0.2, 0) is 0 Å². The zero-order valence-electron chi connectivity index (χ0n) is 10.9. The highest BCUT2D eigenvalue weighted by molar-refractivity contribution is 4.84. The molecular formula is C13H28N2. The fraction of sp³-hybridized carbons (Fsp3) is 1.00. The van der Waals surface area contributed by atoms with Crippen molar-refractivity contribution in [1.29, 1.82) is 0 Å². The van der Waals surface area contributed by atoms with Crippen molar-refractivity contribution in [3.63, 3.8) is 0 Å². The van der Waals surface area contributed by atoms with Crippen LogP contribution in [0.5, 0.6) is 0 Å². The van der Waals surface area contributed by atoms with Gasteiger partial charge in [-0.3, -0.25) is 4.90 Å². The van der Waals surface area contributed by atoms with Crippen molar-refractivity contribution >= 4 is 0 Å². The van der Waals surface area contributed by atoms with Crippen molar-refractivity contribution in [3.05, 3.63) is 0 Å². The number of nitrogens with zero attached hydrogens (tertiary/aromatic N) is 1. The Morgan fingerprint density at radius 2 is 1.93 bits per heavy atom. The van der Waals surface area contributed by atoms with Crippen molar-refractivity contribution in [2.24, 2.45) is 0 Å². The average molecular weight is 212 g/mol. The van der Waals surface area contributed by atoms with Gasteiger partial charge < -0.3 is 5.32 Å². The monoisotopic (exact) mass is 212 g/mol. The van der Waals surface area contributed by atoms with Crippen LogP contribution in [0.4, 0.5) is 0 Å². The van der Waals surface area contributed by atoms with Crippen LogP contribution in [0.3, 0.4) is 0 Å². The summed E-state index contributed by atoms with van der Waals surface area (Å²) in [5.74, 6) is 0. The Morgan fingerprint density at radius 3 is 2.33 bits per heavy atom. The van der Waals surface area contributed by atoms with Gasteiger partial charge in [0.15, 0.2) is 0 Å². The van der Waals surface area contributed by atoms with E-state index in [9.17, 15) is 0 Å². The van der Waals surface area contributed by atoms with E-state index in [1.165, 1.54) is 38.8 Å². The average Bonchev–Trinajstić information content (AvgIpc) is 2.98. The summed E-state index contributed by atoms with van der Waals surface area (Å²) in [5.41, 5.74) is 0. The molecule has 0 radical (unpaired) electrons. The second-order valence-electron chi connectivity index (χ2n) is 5.05. The van der Waals surface area contributed by atoms with Crippen LogP contribution in [-0.4, -0.2) is 36.1 Å². The summed E-state index contributed by atoms with van der Waals surface area (Å²) < 4.78 is 0. The van der Waals surface area contributed by atoms with Gasteiger partial charge in [-0.1, -0.05) is 20.3 Å². The molecule has 1 saturated carbocycles. The molecule has 1 atom stereocenters. The lowest BCUT2D eigenvalue weighted by atomic mass is 10.1. The van der Waals surface area contributed by atoms with E-state index >= 15 is 0 Å². The first-order chi connectivity index (χ1) is 7.19. The van der Waals surface area contributed by atoms with Gasteiger partial charge in [0, 0.05) is 24.7 Å². The molecule has 1 unspecified atom stereocenters. The Bertz CT molecular complexity index is 164. The van der Waals surface area contributed by atoms with Gasteiger partial charge in [-0.25, -0.2) is 0 Å². The van der Waals surface area contributed by atoms with Crippen molar-refractivity contribution < 1.29 is 0 Å². The maximum absolute atomic E-state index is 3.67. The third kappa shape index (κ3) is 4.52. The smallest absolute Gasteiger partial charge is 0.0223 e. The predicted molar refractivity (Wildman–Crippen MR) is 67.2 cm³/mol. The van der Waals surface area contributed by atoms with E-state index in [1.807, 2.05) is 0 Å². The maximum atomic E-state index is 3.67. The molecule has 0 aromatic carbocycles. The van der Waals surface area contributed by atoms with Crippen LogP contribution >= 0.6 is 0 Å². The summed E-state index contributed by atoms with van der Waals surface area (Å²) >= 11 is 0. The van der Waals surface area contributed by atoms with Crippen LogP contribution in [0.2, 0.25) is 0 Å². The number of hydrogen-bond donors (Lipinski definition) is 1. The van der Waals surface area contributed by atoms with Gasteiger partial charge in [0.25, 0.3) is 0 Å². The Balaban J connectivity index is 2.37. The first-order valence-electron chi connectivity index (χ1n) is 6.68. The van der Waals surface area contributed by atoms with Crippen molar-refractivity contribution in [1.82, 2.24) is 10.2 Å². The Labute approximate surface area is 95.4 Å². The van der Waals surface area contributed by atoms with E-state index in [4.69, 9.17) is 0 Å². The summed E-state index contributed by atoms with van der Waals surface area (Å²) in [7, 11) is 0. The van der Waals surface area contributed by atoms with Crippen LogP contribution in [0.25, 0.3) is 0 Å². The van der Waals surface area contributed by atoms with Crippen LogP contribution < -0.4 is 5.32 Å². The minimum Gasteiger partial charge on any atom is -0.312 e. The summed E-state index contributed by atoms with van der Waals surface area (Å²) in [6.45, 7) is 11.5. The minimum atomic E-state index is 0.674. The topological polar surface area (TPSA) is 15.3 Å². The van der Waals surface area contributed by atoms with Gasteiger partial charge in [-0.2, -0.15) is 0 Å². The quantitative estimate of drug-likeness (QED) is 0.665. The summed E-state index contributed by atoms with van der Waals surface area (Å²) in [4.78, 5) is 2.62. The van der Waals surface area contributed by atoms with E-state index in [0.29, 0.717) is 6.04 Å². The molecule has 1 aliphatic rings. The fourth-order valence-corrected chi connectivity index (χ4v) is 2.35. The Hall–Kier alpha value is -0.0800. The molecule has 1 N–H and O–H groups in total. The summed E-state index contributed by atoms with van der Waals surface area (Å²) in [5, 5.41) is 3.67. The molecule has 90 valence electrons. The molecule has 15 heavy (non-hydrogen) atoms. The van der Waals surface area contributed by atoms with Gasteiger partial charge in [0.05, 0.1) is 0 Å². The second kappa shape index (κ2) is 6.49. The van der Waals surface area contributed by atoms with E-state index in [0.717, 1.165) is 12.1 Å². The Morgan fingerprint density at radius 1 is 1.27 bits per heavy atom. The first-order valence-corrected chi connectivity index (χ1v) is 6.68. The first kappa shape index (κ1) is 13.0. The molecule has 1 fully saturated rings. The Kier molecular flexibility index (Phi) is 5.62. The highest BCUT2D eigenvalue weighted by Gasteiger charge is 2.24. The normalized spacial score (nSPS) is 18.8. The van der Waals surface area contributed by atoms with Crippen LogP contribution in [0.1, 0.15) is 53.4 Å². The molecule has 0 aromatic rings. The highest BCUT2D eigenvalue weighted by atomic mass is 15.2. The molecule has 2 nitrogen and oxygen atoms in total. The lowest BCUT2D eigenvalue weighted by Gasteiger charge is -2.34. The van der Waals surface area contributed by atoms with Gasteiger partial charge in [-0.15, -0.1) is 0 Å². The van der Waals surface area contributed by atoms with Gasteiger partial charge in [0.1, 0.15) is 0 Å². The molecule has 0 aliphatic heterocycles. The zero-order chi connectivity index (χ0) is 11.3. The molecule has 2 heteroatoms. The molecule has 0 saturated heterocycles. The number of likely N-dealkylation sites (N-methyl/N-ethyl adjacent to an activating group) is 1. The van der Waals surface area contributed by atoms with Gasteiger partial charge in [-0.05, 0) is 39.7 Å². The zero-order valence-corrected chi connectivity index (χ0v) is 10.9. The lowest BCUT2D eigenvalue weighted by molar-refractivity contribution is 0.149. The molecule has 0 amide bonds. The molecule has 0 bridgehead atoms. The van der Waals surface area contributed by atoms with Crippen molar-refractivity contribution in [3.8, 4) is 0 Å². The highest BCUT2D eigenvalue weighted by Crippen LogP contribution is 2.19. The SMILES string of the molecule is CCCC(CNC1CC1)N(CC)C(C)C. The van der Waals surface area contributed by atoms with E-state index in [2.05, 4.69) is 37.9 Å². The van der Waals surface area contributed by atoms with Gasteiger partial charge >= 0.3 is 0 Å². The molecular weight excluding hydrogens is 184 g/mol. The molecule has 0 spiro atoms. The third-order valence-corrected chi connectivity index (χ3v) is 3.34. The number of rotatable bonds is 8. The van der Waals surface area contributed by atoms with Crippen molar-refractivity contribution in [2.45, 2.75) is 71.5 Å². The standard InChI is InChI=1S/C13H28N2/c1-5-7-13(10-14-12-8-9-12)15(6-2)11(3)4/h11-14H,5-10H2,1-4H3. The summed E-state index contributed by atoms with van der Waals surface area (Å²) in [6, 6.07) is 2.25. The largest absolute Gasteiger partial charge is 0.312 e. The number of nitrogens with one attached hydrogen (secondary N) is 1. The lowest BCUT2D eigenvalue weighted by Crippen LogP contribution is -2.46. The van der Waals surface area contributed by atoms with Gasteiger partial charge in [0.2, 0.25) is 0 Å². The predicted octanol–water partition coefficient (Wildman–Crippen LogP) is 2.64. The van der Waals surface area contributed by atoms with E-state index in [1.54, 1.807) is 0 Å². The number of hydrogen-bond acceptors (Lipinski definition) is 2. The molecule has 0 aromatic heterocycles. The van der Waals surface area contributed by atoms with Crippen LogP contribution in [0.15, 0.2) is 0 Å². The third-order valence-electron chi connectivity index (χ3n) is 3.34.